The summed E-state index contributed by atoms with van der Waals surface area (Å²) < 4.78 is 0. The number of nitrogens with zero attached hydrogens (tertiary/aromatic N) is 2. The van der Waals surface area contributed by atoms with E-state index in [9.17, 15) is 4.79 Å². The lowest BCUT2D eigenvalue weighted by atomic mass is 10.0. The molecule has 1 aliphatic heterocycles. The fraction of sp³-hybridized carbons (Fsp3) is 0.667. The summed E-state index contributed by atoms with van der Waals surface area (Å²) in [5, 5.41) is 1.97. The van der Waals surface area contributed by atoms with E-state index in [1.54, 1.807) is 11.3 Å². The van der Waals surface area contributed by atoms with E-state index in [-0.39, 0.29) is 0 Å². The minimum atomic E-state index is 0.304. The molecule has 1 aliphatic rings. The highest BCUT2D eigenvalue weighted by Gasteiger charge is 2.20. The molecule has 0 unspecified atom stereocenters. The molecule has 1 saturated heterocycles. The monoisotopic (exact) mass is 280 g/mol. The first-order valence-electron chi connectivity index (χ1n) is 7.12. The molecule has 0 N–H and O–H groups in total. The molecule has 4 heteroatoms. The van der Waals surface area contributed by atoms with E-state index in [1.165, 1.54) is 25.9 Å². The maximum atomic E-state index is 11.9. The average Bonchev–Trinajstić information content (AvgIpc) is 2.93. The molecule has 1 aromatic rings. The molecule has 0 aliphatic carbocycles. The van der Waals surface area contributed by atoms with Crippen LogP contribution in [-0.2, 0) is 0 Å². The zero-order valence-corrected chi connectivity index (χ0v) is 12.8. The van der Waals surface area contributed by atoms with Gasteiger partial charge in [-0.3, -0.25) is 4.79 Å². The van der Waals surface area contributed by atoms with Gasteiger partial charge in [0.2, 0.25) is 0 Å². The van der Waals surface area contributed by atoms with Crippen molar-refractivity contribution in [2.24, 2.45) is 0 Å². The quantitative estimate of drug-likeness (QED) is 0.749. The number of likely N-dealkylation sites (tertiary alicyclic amines) is 1. The molecule has 0 spiro atoms. The van der Waals surface area contributed by atoms with Gasteiger partial charge in [-0.1, -0.05) is 6.07 Å². The van der Waals surface area contributed by atoms with Gasteiger partial charge in [0.1, 0.15) is 0 Å². The van der Waals surface area contributed by atoms with Gasteiger partial charge >= 0.3 is 0 Å². The van der Waals surface area contributed by atoms with Crippen molar-refractivity contribution < 1.29 is 4.79 Å². The first-order valence-corrected chi connectivity index (χ1v) is 8.00. The van der Waals surface area contributed by atoms with Gasteiger partial charge in [-0.25, -0.2) is 0 Å². The fourth-order valence-electron chi connectivity index (χ4n) is 2.68. The molecule has 0 saturated carbocycles. The van der Waals surface area contributed by atoms with Crippen LogP contribution in [0.2, 0.25) is 0 Å². The zero-order chi connectivity index (χ0) is 13.7. The SMILES string of the molecule is CN(C)C1CCN(CCCC(=O)c2cccs2)CC1. The Bertz CT molecular complexity index is 381. The van der Waals surface area contributed by atoms with E-state index in [2.05, 4.69) is 23.9 Å². The normalized spacial score (nSPS) is 18.1. The predicted octanol–water partition coefficient (Wildman–Crippen LogP) is 2.74. The maximum Gasteiger partial charge on any atom is 0.172 e. The van der Waals surface area contributed by atoms with Crippen molar-refractivity contribution in [3.63, 3.8) is 0 Å². The summed E-state index contributed by atoms with van der Waals surface area (Å²) in [6.07, 6.45) is 4.19. The lowest BCUT2D eigenvalue weighted by Gasteiger charge is -2.35. The molecule has 3 nitrogen and oxygen atoms in total. The van der Waals surface area contributed by atoms with Gasteiger partial charge in [0, 0.05) is 12.5 Å². The van der Waals surface area contributed by atoms with E-state index in [0.717, 1.165) is 23.9 Å². The minimum absolute atomic E-state index is 0.304. The van der Waals surface area contributed by atoms with Crippen LogP contribution in [0, 0.1) is 0 Å². The molecule has 106 valence electrons. The Hall–Kier alpha value is -0.710. The highest BCUT2D eigenvalue weighted by atomic mass is 32.1. The number of rotatable bonds is 6. The standard InChI is InChI=1S/C15H24N2OS/c1-16(2)13-7-10-17(11-8-13)9-3-5-14(18)15-6-4-12-19-15/h4,6,12-13H,3,5,7-11H2,1-2H3. The van der Waals surface area contributed by atoms with Crippen molar-refractivity contribution in [2.75, 3.05) is 33.7 Å². The first kappa shape index (κ1) is 14.7. The third-order valence-corrected chi connectivity index (χ3v) is 4.87. The number of thiophene rings is 1. The molecule has 19 heavy (non-hydrogen) atoms. The Morgan fingerprint density at radius 2 is 2.16 bits per heavy atom. The Balaban J connectivity index is 1.63. The molecule has 1 fully saturated rings. The largest absolute Gasteiger partial charge is 0.306 e. The average molecular weight is 280 g/mol. The van der Waals surface area contributed by atoms with Gasteiger partial charge in [-0.15, -0.1) is 11.3 Å². The number of piperidine rings is 1. The van der Waals surface area contributed by atoms with Gasteiger partial charge < -0.3 is 9.80 Å². The molecular weight excluding hydrogens is 256 g/mol. The second kappa shape index (κ2) is 7.17. The number of ketones is 1. The van der Waals surface area contributed by atoms with Crippen LogP contribution in [0.5, 0.6) is 0 Å². The van der Waals surface area contributed by atoms with Gasteiger partial charge in [-0.2, -0.15) is 0 Å². The van der Waals surface area contributed by atoms with Crippen molar-refractivity contribution in [1.82, 2.24) is 9.80 Å². The van der Waals surface area contributed by atoms with E-state index in [4.69, 9.17) is 0 Å². The maximum absolute atomic E-state index is 11.9. The lowest BCUT2D eigenvalue weighted by molar-refractivity contribution is 0.0970. The summed E-state index contributed by atoms with van der Waals surface area (Å²) >= 11 is 1.55. The lowest BCUT2D eigenvalue weighted by Crippen LogP contribution is -2.42. The van der Waals surface area contributed by atoms with Crippen molar-refractivity contribution in [3.05, 3.63) is 22.4 Å². The van der Waals surface area contributed by atoms with Crippen molar-refractivity contribution in [3.8, 4) is 0 Å². The Labute approximate surface area is 120 Å². The number of hydrogen-bond acceptors (Lipinski definition) is 4. The molecule has 1 aromatic heterocycles. The third kappa shape index (κ3) is 4.41. The molecule has 0 atom stereocenters. The smallest absolute Gasteiger partial charge is 0.172 e. The highest BCUT2D eigenvalue weighted by Crippen LogP contribution is 2.16. The van der Waals surface area contributed by atoms with E-state index < -0.39 is 0 Å². The van der Waals surface area contributed by atoms with Crippen molar-refractivity contribution >= 4 is 17.1 Å². The van der Waals surface area contributed by atoms with Crippen LogP contribution in [-0.4, -0.2) is 55.4 Å². The summed E-state index contributed by atoms with van der Waals surface area (Å²) in [6.45, 7) is 3.42. The number of carbonyl (C=O) groups is 1. The first-order chi connectivity index (χ1) is 9.16. The van der Waals surface area contributed by atoms with E-state index in [1.807, 2.05) is 17.5 Å². The second-order valence-electron chi connectivity index (χ2n) is 5.54. The van der Waals surface area contributed by atoms with Gasteiger partial charge in [0.15, 0.2) is 5.78 Å². The number of Topliss-reactive ketones (excluding diaryl/α,β-unsaturated/α-hetero) is 1. The van der Waals surface area contributed by atoms with Crippen molar-refractivity contribution in [2.45, 2.75) is 31.7 Å². The zero-order valence-electron chi connectivity index (χ0n) is 12.0. The second-order valence-corrected chi connectivity index (χ2v) is 6.49. The summed E-state index contributed by atoms with van der Waals surface area (Å²) in [4.78, 5) is 17.6. The number of hydrogen-bond donors (Lipinski definition) is 0. The predicted molar refractivity (Wildman–Crippen MR) is 81.0 cm³/mol. The van der Waals surface area contributed by atoms with Crippen LogP contribution in [0.15, 0.2) is 17.5 Å². The summed E-state index contributed by atoms with van der Waals surface area (Å²) in [6, 6.07) is 4.61. The van der Waals surface area contributed by atoms with Crippen LogP contribution < -0.4 is 0 Å². The van der Waals surface area contributed by atoms with E-state index >= 15 is 0 Å². The molecule has 0 amide bonds. The highest BCUT2D eigenvalue weighted by molar-refractivity contribution is 7.12. The van der Waals surface area contributed by atoms with Gasteiger partial charge in [-0.05, 0) is 64.4 Å². The molecule has 0 aromatic carbocycles. The summed E-state index contributed by atoms with van der Waals surface area (Å²) in [5.74, 6) is 0.304. The van der Waals surface area contributed by atoms with Crippen molar-refractivity contribution in [1.29, 1.82) is 0 Å². The molecule has 2 heterocycles. The number of carbonyl (C=O) groups excluding carboxylic acids is 1. The van der Waals surface area contributed by atoms with Crippen LogP contribution in [0.1, 0.15) is 35.4 Å². The van der Waals surface area contributed by atoms with E-state index in [0.29, 0.717) is 12.2 Å². The Kier molecular flexibility index (Phi) is 5.55. The Morgan fingerprint density at radius 1 is 1.42 bits per heavy atom. The fourth-order valence-corrected chi connectivity index (χ4v) is 3.38. The topological polar surface area (TPSA) is 23.6 Å². The molecule has 0 bridgehead atoms. The van der Waals surface area contributed by atoms with Gasteiger partial charge in [0.25, 0.3) is 0 Å². The van der Waals surface area contributed by atoms with Crippen LogP contribution in [0.3, 0.4) is 0 Å². The van der Waals surface area contributed by atoms with Gasteiger partial charge in [0.05, 0.1) is 4.88 Å². The minimum Gasteiger partial charge on any atom is -0.306 e. The molecular formula is C15H24N2OS. The van der Waals surface area contributed by atoms with Crippen LogP contribution in [0.25, 0.3) is 0 Å². The van der Waals surface area contributed by atoms with Crippen LogP contribution >= 0.6 is 11.3 Å². The molecule has 2 rings (SSSR count). The molecule has 0 radical (unpaired) electrons. The Morgan fingerprint density at radius 3 is 2.74 bits per heavy atom. The third-order valence-electron chi connectivity index (χ3n) is 3.96. The summed E-state index contributed by atoms with van der Waals surface area (Å²) in [7, 11) is 4.33. The van der Waals surface area contributed by atoms with Crippen LogP contribution in [0.4, 0.5) is 0 Å². The summed E-state index contributed by atoms with van der Waals surface area (Å²) in [5.41, 5.74) is 0.